The third-order valence-corrected chi connectivity index (χ3v) is 3.51. The predicted octanol–water partition coefficient (Wildman–Crippen LogP) is 2.72. The summed E-state index contributed by atoms with van der Waals surface area (Å²) in [4.78, 5) is 10.9. The van der Waals surface area contributed by atoms with Crippen molar-refractivity contribution in [3.8, 4) is 0 Å². The zero-order valence-corrected chi connectivity index (χ0v) is 12.0. The molecule has 2 aromatic heterocycles. The van der Waals surface area contributed by atoms with Crippen LogP contribution in [0, 0.1) is 0 Å². The second-order valence-electron chi connectivity index (χ2n) is 5.07. The Hall–Kier alpha value is -2.46. The van der Waals surface area contributed by atoms with Crippen molar-refractivity contribution in [1.82, 2.24) is 9.97 Å². The molecule has 0 saturated carbocycles. The van der Waals surface area contributed by atoms with Gasteiger partial charge >= 0.3 is 0 Å². The Kier molecular flexibility index (Phi) is 3.79. The van der Waals surface area contributed by atoms with Gasteiger partial charge in [-0.3, -0.25) is 4.98 Å². The first-order valence-corrected chi connectivity index (χ1v) is 6.96. The maximum Gasteiger partial charge on any atom is 0.136 e. The number of nitrogens with zero attached hydrogens (tertiary/aromatic N) is 3. The van der Waals surface area contributed by atoms with Crippen LogP contribution in [0.1, 0.15) is 11.3 Å². The lowest BCUT2D eigenvalue weighted by atomic mass is 10.1. The number of aromatic nitrogens is 2. The molecule has 2 heterocycles. The third kappa shape index (κ3) is 2.85. The van der Waals surface area contributed by atoms with Crippen LogP contribution in [-0.4, -0.2) is 17.0 Å². The lowest BCUT2D eigenvalue weighted by Crippen LogP contribution is -2.19. The number of benzene rings is 1. The van der Waals surface area contributed by atoms with Crippen molar-refractivity contribution in [3.63, 3.8) is 0 Å². The molecule has 0 radical (unpaired) electrons. The Labute approximate surface area is 124 Å². The summed E-state index contributed by atoms with van der Waals surface area (Å²) in [7, 11) is 2.05. The molecule has 0 bridgehead atoms. The Balaban J connectivity index is 2.02. The van der Waals surface area contributed by atoms with E-state index in [0.29, 0.717) is 6.54 Å². The maximum atomic E-state index is 5.77. The molecule has 0 amide bonds. The molecule has 0 unspecified atom stereocenters. The van der Waals surface area contributed by atoms with Gasteiger partial charge in [-0.1, -0.05) is 24.3 Å². The number of nitrogens with two attached hydrogens (primary N) is 1. The predicted molar refractivity (Wildman–Crippen MR) is 86.0 cm³/mol. The second kappa shape index (κ2) is 5.89. The lowest BCUT2D eigenvalue weighted by molar-refractivity contribution is 0.884. The van der Waals surface area contributed by atoms with Crippen molar-refractivity contribution in [3.05, 3.63) is 66.1 Å². The fraction of sp³-hybridized carbons (Fsp3) is 0.176. The van der Waals surface area contributed by atoms with E-state index < -0.39 is 0 Å². The number of pyridine rings is 2. The Bertz CT molecular complexity index is 740. The van der Waals surface area contributed by atoms with E-state index in [1.54, 1.807) is 0 Å². The highest BCUT2D eigenvalue weighted by Gasteiger charge is 2.10. The minimum Gasteiger partial charge on any atom is -0.355 e. The molecule has 1 aromatic carbocycles. The zero-order valence-electron chi connectivity index (χ0n) is 12.0. The van der Waals surface area contributed by atoms with Gasteiger partial charge in [-0.15, -0.1) is 0 Å². The van der Waals surface area contributed by atoms with Gasteiger partial charge in [0.25, 0.3) is 0 Å². The zero-order chi connectivity index (χ0) is 14.7. The molecule has 4 heteroatoms. The summed E-state index contributed by atoms with van der Waals surface area (Å²) < 4.78 is 0. The van der Waals surface area contributed by atoms with Gasteiger partial charge in [0.2, 0.25) is 0 Å². The third-order valence-electron chi connectivity index (χ3n) is 3.51. The highest BCUT2D eigenvalue weighted by atomic mass is 15.2. The summed E-state index contributed by atoms with van der Waals surface area (Å²) in [5.41, 5.74) is 7.89. The van der Waals surface area contributed by atoms with E-state index in [0.717, 1.165) is 23.4 Å². The molecule has 0 spiro atoms. The van der Waals surface area contributed by atoms with Crippen molar-refractivity contribution in [2.75, 3.05) is 11.9 Å². The summed E-state index contributed by atoms with van der Waals surface area (Å²) >= 11 is 0. The number of hydrogen-bond acceptors (Lipinski definition) is 4. The first-order chi connectivity index (χ1) is 10.3. The molecule has 21 heavy (non-hydrogen) atoms. The summed E-state index contributed by atoms with van der Waals surface area (Å²) in [5, 5.41) is 2.32. The van der Waals surface area contributed by atoms with Crippen molar-refractivity contribution in [1.29, 1.82) is 0 Å². The average molecular weight is 278 g/mol. The van der Waals surface area contributed by atoms with Gasteiger partial charge in [-0.05, 0) is 29.1 Å². The minimum atomic E-state index is 0.445. The van der Waals surface area contributed by atoms with Crippen LogP contribution in [0.3, 0.4) is 0 Å². The van der Waals surface area contributed by atoms with E-state index in [4.69, 9.17) is 10.7 Å². The van der Waals surface area contributed by atoms with Crippen molar-refractivity contribution < 1.29 is 0 Å². The minimum absolute atomic E-state index is 0.445. The quantitative estimate of drug-likeness (QED) is 0.797. The largest absolute Gasteiger partial charge is 0.355 e. The van der Waals surface area contributed by atoms with Crippen LogP contribution in [0.5, 0.6) is 0 Å². The van der Waals surface area contributed by atoms with Crippen molar-refractivity contribution >= 4 is 16.6 Å². The van der Waals surface area contributed by atoms with Crippen LogP contribution in [0.4, 0.5) is 5.82 Å². The van der Waals surface area contributed by atoms with Gasteiger partial charge in [0, 0.05) is 37.9 Å². The van der Waals surface area contributed by atoms with Crippen LogP contribution >= 0.6 is 0 Å². The second-order valence-corrected chi connectivity index (χ2v) is 5.07. The molecular formula is C17H18N4. The standard InChI is InChI=1S/C17H18N4/c1-21(12-13-6-8-19-9-7-13)17-16-5-3-2-4-14(16)10-15(11-18)20-17/h2-10H,11-12,18H2,1H3. The average Bonchev–Trinajstić information content (AvgIpc) is 2.54. The van der Waals surface area contributed by atoms with Crippen LogP contribution in [0.25, 0.3) is 10.8 Å². The first-order valence-electron chi connectivity index (χ1n) is 6.96. The highest BCUT2D eigenvalue weighted by Crippen LogP contribution is 2.26. The number of anilines is 1. The number of hydrogen-bond donors (Lipinski definition) is 1. The van der Waals surface area contributed by atoms with E-state index >= 15 is 0 Å². The summed E-state index contributed by atoms with van der Waals surface area (Å²) in [6.07, 6.45) is 3.62. The Morgan fingerprint density at radius 1 is 1.10 bits per heavy atom. The molecule has 0 aliphatic heterocycles. The molecule has 106 valence electrons. The molecule has 0 aliphatic carbocycles. The molecule has 2 N–H and O–H groups in total. The molecule has 3 aromatic rings. The monoisotopic (exact) mass is 278 g/mol. The van der Waals surface area contributed by atoms with Gasteiger partial charge in [-0.2, -0.15) is 0 Å². The van der Waals surface area contributed by atoms with Crippen LogP contribution < -0.4 is 10.6 Å². The van der Waals surface area contributed by atoms with Crippen LogP contribution in [-0.2, 0) is 13.1 Å². The van der Waals surface area contributed by atoms with E-state index in [2.05, 4.69) is 35.1 Å². The van der Waals surface area contributed by atoms with Crippen LogP contribution in [0.15, 0.2) is 54.9 Å². The first kappa shape index (κ1) is 13.5. The van der Waals surface area contributed by atoms with E-state index in [1.165, 1.54) is 10.9 Å². The summed E-state index contributed by atoms with van der Waals surface area (Å²) in [5.74, 6) is 0.963. The lowest BCUT2D eigenvalue weighted by Gasteiger charge is -2.21. The van der Waals surface area contributed by atoms with E-state index in [1.807, 2.05) is 36.7 Å². The van der Waals surface area contributed by atoms with Gasteiger partial charge in [0.15, 0.2) is 0 Å². The van der Waals surface area contributed by atoms with Gasteiger partial charge in [-0.25, -0.2) is 4.98 Å². The SMILES string of the molecule is CN(Cc1ccncc1)c1nc(CN)cc2ccccc12. The fourth-order valence-corrected chi connectivity index (χ4v) is 2.47. The molecule has 3 rings (SSSR count). The molecule has 0 saturated heterocycles. The molecule has 4 nitrogen and oxygen atoms in total. The molecule has 0 atom stereocenters. The number of rotatable bonds is 4. The topological polar surface area (TPSA) is 55.0 Å². The Morgan fingerprint density at radius 3 is 2.62 bits per heavy atom. The normalized spacial score (nSPS) is 10.8. The maximum absolute atomic E-state index is 5.77. The van der Waals surface area contributed by atoms with Crippen LogP contribution in [0.2, 0.25) is 0 Å². The summed E-state index contributed by atoms with van der Waals surface area (Å²) in [6, 6.07) is 14.4. The smallest absolute Gasteiger partial charge is 0.136 e. The van der Waals surface area contributed by atoms with Crippen molar-refractivity contribution in [2.24, 2.45) is 5.73 Å². The van der Waals surface area contributed by atoms with E-state index in [9.17, 15) is 0 Å². The van der Waals surface area contributed by atoms with E-state index in [-0.39, 0.29) is 0 Å². The number of fused-ring (bicyclic) bond motifs is 1. The van der Waals surface area contributed by atoms with Crippen molar-refractivity contribution in [2.45, 2.75) is 13.1 Å². The van der Waals surface area contributed by atoms with Gasteiger partial charge < -0.3 is 10.6 Å². The summed E-state index contributed by atoms with van der Waals surface area (Å²) in [6.45, 7) is 1.23. The highest BCUT2D eigenvalue weighted by molar-refractivity contribution is 5.92. The van der Waals surface area contributed by atoms with Gasteiger partial charge in [0.1, 0.15) is 5.82 Å². The van der Waals surface area contributed by atoms with Gasteiger partial charge in [0.05, 0.1) is 5.69 Å². The molecular weight excluding hydrogens is 260 g/mol. The molecule has 0 aliphatic rings. The molecule has 0 fully saturated rings. The fourth-order valence-electron chi connectivity index (χ4n) is 2.47. The Morgan fingerprint density at radius 2 is 1.86 bits per heavy atom.